The molecular formula is C11H9BrF3O. The molecule has 0 aromatic heterocycles. The molecule has 87 valence electrons. The first-order chi connectivity index (χ1) is 7.45. The van der Waals surface area contributed by atoms with Gasteiger partial charge in [-0.3, -0.25) is 0 Å². The molecule has 1 radical (unpaired) electrons. The quantitative estimate of drug-likeness (QED) is 0.808. The van der Waals surface area contributed by atoms with Crippen molar-refractivity contribution in [2.24, 2.45) is 0 Å². The SMILES string of the molecule is [CH2]OC/C=C/c1ccc(Br)c(C(F)(F)F)c1. The van der Waals surface area contributed by atoms with E-state index in [2.05, 4.69) is 27.8 Å². The zero-order valence-electron chi connectivity index (χ0n) is 8.22. The maximum atomic E-state index is 12.5. The number of halogens is 4. The standard InChI is InChI=1S/C11H9BrF3O/c1-16-6-2-3-8-4-5-10(12)9(7-8)11(13,14)15/h2-5,7H,1,6H2/b3-2+. The van der Waals surface area contributed by atoms with Gasteiger partial charge in [0.1, 0.15) is 0 Å². The van der Waals surface area contributed by atoms with E-state index in [4.69, 9.17) is 0 Å². The van der Waals surface area contributed by atoms with Crippen LogP contribution in [0.4, 0.5) is 13.2 Å². The number of rotatable bonds is 3. The topological polar surface area (TPSA) is 9.23 Å². The van der Waals surface area contributed by atoms with Gasteiger partial charge in [0.25, 0.3) is 0 Å². The maximum Gasteiger partial charge on any atom is 0.417 e. The molecule has 0 saturated heterocycles. The van der Waals surface area contributed by atoms with Crippen LogP contribution < -0.4 is 0 Å². The Balaban J connectivity index is 2.99. The van der Waals surface area contributed by atoms with Gasteiger partial charge in [0.05, 0.1) is 19.3 Å². The van der Waals surface area contributed by atoms with Gasteiger partial charge in [0.15, 0.2) is 0 Å². The molecule has 0 atom stereocenters. The molecule has 0 fully saturated rings. The van der Waals surface area contributed by atoms with E-state index in [9.17, 15) is 13.2 Å². The van der Waals surface area contributed by atoms with Crippen LogP contribution in [0.5, 0.6) is 0 Å². The van der Waals surface area contributed by atoms with Crippen molar-refractivity contribution >= 4 is 22.0 Å². The molecule has 5 heteroatoms. The number of ether oxygens (including phenoxy) is 1. The van der Waals surface area contributed by atoms with E-state index < -0.39 is 11.7 Å². The summed E-state index contributed by atoms with van der Waals surface area (Å²) in [6.45, 7) is 0.261. The van der Waals surface area contributed by atoms with Gasteiger partial charge in [-0.2, -0.15) is 13.2 Å². The summed E-state index contributed by atoms with van der Waals surface area (Å²) in [5.41, 5.74) is -0.224. The first kappa shape index (κ1) is 13.3. The van der Waals surface area contributed by atoms with Crippen molar-refractivity contribution in [2.45, 2.75) is 6.18 Å². The molecule has 1 rings (SSSR count). The van der Waals surface area contributed by atoms with Crippen LogP contribution in [0.15, 0.2) is 28.7 Å². The average molecular weight is 294 g/mol. The predicted octanol–water partition coefficient (Wildman–Crippen LogP) is 4.29. The summed E-state index contributed by atoms with van der Waals surface area (Å²) in [5.74, 6) is 0. The first-order valence-corrected chi connectivity index (χ1v) is 5.14. The Morgan fingerprint density at radius 3 is 2.62 bits per heavy atom. The van der Waals surface area contributed by atoms with Crippen LogP contribution in [0.1, 0.15) is 11.1 Å². The summed E-state index contributed by atoms with van der Waals surface area (Å²) in [6.07, 6.45) is -1.21. The van der Waals surface area contributed by atoms with Gasteiger partial charge in [-0.15, -0.1) is 0 Å². The van der Waals surface area contributed by atoms with Crippen molar-refractivity contribution in [1.29, 1.82) is 0 Å². The molecule has 0 N–H and O–H groups in total. The van der Waals surface area contributed by atoms with Gasteiger partial charge in [-0.05, 0) is 17.7 Å². The molecule has 1 aromatic rings. The highest BCUT2D eigenvalue weighted by atomic mass is 79.9. The molecule has 0 unspecified atom stereocenters. The van der Waals surface area contributed by atoms with E-state index in [1.807, 2.05) is 0 Å². The lowest BCUT2D eigenvalue weighted by molar-refractivity contribution is -0.138. The third-order valence-electron chi connectivity index (χ3n) is 1.82. The van der Waals surface area contributed by atoms with Crippen LogP contribution in [0.3, 0.4) is 0 Å². The van der Waals surface area contributed by atoms with Crippen molar-refractivity contribution in [3.8, 4) is 0 Å². The smallest absolute Gasteiger partial charge is 0.375 e. The van der Waals surface area contributed by atoms with Crippen molar-refractivity contribution in [3.63, 3.8) is 0 Å². The lowest BCUT2D eigenvalue weighted by Gasteiger charge is -2.09. The van der Waals surface area contributed by atoms with Gasteiger partial charge >= 0.3 is 6.18 Å². The highest BCUT2D eigenvalue weighted by molar-refractivity contribution is 9.10. The van der Waals surface area contributed by atoms with Gasteiger partial charge < -0.3 is 4.74 Å². The summed E-state index contributed by atoms with van der Waals surface area (Å²) in [5, 5.41) is 0. The fourth-order valence-corrected chi connectivity index (χ4v) is 1.59. The van der Waals surface area contributed by atoms with Crippen molar-refractivity contribution < 1.29 is 17.9 Å². The van der Waals surface area contributed by atoms with Crippen LogP contribution in [0, 0.1) is 7.11 Å². The van der Waals surface area contributed by atoms with Crippen molar-refractivity contribution in [1.82, 2.24) is 0 Å². The lowest BCUT2D eigenvalue weighted by atomic mass is 10.1. The molecule has 0 spiro atoms. The van der Waals surface area contributed by atoms with Crippen molar-refractivity contribution in [3.05, 3.63) is 47.0 Å². The normalized spacial score (nSPS) is 12.3. The second-order valence-corrected chi connectivity index (χ2v) is 3.86. The fraction of sp³-hybridized carbons (Fsp3) is 0.182. The van der Waals surface area contributed by atoms with Crippen LogP contribution in [-0.2, 0) is 10.9 Å². The maximum absolute atomic E-state index is 12.5. The molecule has 0 heterocycles. The molecule has 0 amide bonds. The Morgan fingerprint density at radius 1 is 1.38 bits per heavy atom. The third kappa shape index (κ3) is 3.64. The summed E-state index contributed by atoms with van der Waals surface area (Å²) >= 11 is 2.87. The average Bonchev–Trinajstić information content (AvgIpc) is 2.19. The Kier molecular flexibility index (Phi) is 4.56. The molecule has 0 aliphatic carbocycles. The van der Waals surface area contributed by atoms with E-state index in [1.54, 1.807) is 18.2 Å². The zero-order valence-corrected chi connectivity index (χ0v) is 9.81. The van der Waals surface area contributed by atoms with Gasteiger partial charge in [0.2, 0.25) is 0 Å². The van der Waals surface area contributed by atoms with E-state index >= 15 is 0 Å². The Morgan fingerprint density at radius 2 is 2.06 bits per heavy atom. The summed E-state index contributed by atoms with van der Waals surface area (Å²) in [7, 11) is 3.15. The molecule has 0 aliphatic heterocycles. The third-order valence-corrected chi connectivity index (χ3v) is 2.51. The minimum atomic E-state index is -4.36. The molecular weight excluding hydrogens is 285 g/mol. The number of alkyl halides is 3. The Hall–Kier alpha value is -0.810. The van der Waals surface area contributed by atoms with Crippen LogP contribution in [0.2, 0.25) is 0 Å². The molecule has 1 nitrogen and oxygen atoms in total. The zero-order chi connectivity index (χ0) is 12.2. The minimum absolute atomic E-state index is 0.0329. The highest BCUT2D eigenvalue weighted by Gasteiger charge is 2.32. The largest absolute Gasteiger partial charge is 0.417 e. The lowest BCUT2D eigenvalue weighted by Crippen LogP contribution is -2.06. The van der Waals surface area contributed by atoms with E-state index in [-0.39, 0.29) is 11.1 Å². The van der Waals surface area contributed by atoms with Gasteiger partial charge in [-0.1, -0.05) is 34.1 Å². The Labute approximate surface area is 100 Å². The van der Waals surface area contributed by atoms with Crippen LogP contribution >= 0.6 is 15.9 Å². The molecule has 0 bridgehead atoms. The summed E-state index contributed by atoms with van der Waals surface area (Å²) in [6, 6.07) is 4.02. The van der Waals surface area contributed by atoms with E-state index in [0.29, 0.717) is 5.56 Å². The van der Waals surface area contributed by atoms with Crippen LogP contribution in [0.25, 0.3) is 6.08 Å². The second kappa shape index (κ2) is 5.50. The van der Waals surface area contributed by atoms with Crippen molar-refractivity contribution in [2.75, 3.05) is 6.61 Å². The minimum Gasteiger partial charge on any atom is -0.375 e. The molecule has 16 heavy (non-hydrogen) atoms. The highest BCUT2D eigenvalue weighted by Crippen LogP contribution is 2.35. The predicted molar refractivity (Wildman–Crippen MR) is 59.5 cm³/mol. The second-order valence-electron chi connectivity index (χ2n) is 3.01. The summed E-state index contributed by atoms with van der Waals surface area (Å²) < 4.78 is 42.1. The molecule has 0 saturated carbocycles. The number of hydrogen-bond donors (Lipinski definition) is 0. The van der Waals surface area contributed by atoms with E-state index in [1.165, 1.54) is 6.07 Å². The van der Waals surface area contributed by atoms with Gasteiger partial charge in [-0.25, -0.2) is 0 Å². The number of benzene rings is 1. The Bertz CT molecular complexity index is 385. The first-order valence-electron chi connectivity index (χ1n) is 4.35. The van der Waals surface area contributed by atoms with Gasteiger partial charge in [0, 0.05) is 4.47 Å². The molecule has 1 aromatic carbocycles. The number of hydrogen-bond acceptors (Lipinski definition) is 1. The molecule has 0 aliphatic rings. The summed E-state index contributed by atoms with van der Waals surface area (Å²) in [4.78, 5) is 0. The van der Waals surface area contributed by atoms with E-state index in [0.717, 1.165) is 6.07 Å². The fourth-order valence-electron chi connectivity index (χ4n) is 1.12. The van der Waals surface area contributed by atoms with Crippen LogP contribution in [-0.4, -0.2) is 6.61 Å². The monoisotopic (exact) mass is 293 g/mol.